The Bertz CT molecular complexity index is 2100. The van der Waals surface area contributed by atoms with Crippen molar-refractivity contribution < 1.29 is 37.1 Å². The molecular formula is C43H54N6O8S2. The van der Waals surface area contributed by atoms with Gasteiger partial charge in [-0.2, -0.15) is 0 Å². The van der Waals surface area contributed by atoms with Crippen molar-refractivity contribution in [2.45, 2.75) is 102 Å². The van der Waals surface area contributed by atoms with E-state index in [1.54, 1.807) is 12.1 Å². The molecule has 1 aromatic heterocycles. The number of nitrogens with one attached hydrogen (secondary N) is 4. The highest BCUT2D eigenvalue weighted by molar-refractivity contribution is 8.15. The predicted octanol–water partition coefficient (Wildman–Crippen LogP) is 6.23. The van der Waals surface area contributed by atoms with Crippen LogP contribution in [-0.4, -0.2) is 78.4 Å². The Morgan fingerprint density at radius 2 is 1.58 bits per heavy atom. The third kappa shape index (κ3) is 13.1. The van der Waals surface area contributed by atoms with Crippen LogP contribution in [0.3, 0.4) is 0 Å². The molecule has 1 unspecified atom stereocenters. The molecule has 7 amide bonds. The molecule has 1 saturated carbocycles. The number of pyridine rings is 1. The molecule has 2 aliphatic heterocycles. The van der Waals surface area contributed by atoms with Crippen molar-refractivity contribution >= 4 is 50.9 Å². The largest absolute Gasteiger partial charge is 0.493 e. The van der Waals surface area contributed by atoms with Gasteiger partial charge in [0.2, 0.25) is 5.91 Å². The molecule has 316 valence electrons. The first-order chi connectivity index (χ1) is 28.2. The highest BCUT2D eigenvalue weighted by Gasteiger charge is 2.32. The van der Waals surface area contributed by atoms with Crippen molar-refractivity contribution in [2.24, 2.45) is 5.92 Å². The summed E-state index contributed by atoms with van der Waals surface area (Å²) in [4.78, 5) is 65.2. The summed E-state index contributed by atoms with van der Waals surface area (Å²) in [6.45, 7) is 9.20. The molecule has 16 heteroatoms. The predicted molar refractivity (Wildman–Crippen MR) is 226 cm³/mol. The molecule has 59 heavy (non-hydrogen) atoms. The minimum Gasteiger partial charge on any atom is -0.493 e. The fraction of sp³-hybridized carbons (Fsp3) is 0.442. The summed E-state index contributed by atoms with van der Waals surface area (Å²) in [6, 6.07) is 16.8. The second-order valence-electron chi connectivity index (χ2n) is 15.0. The van der Waals surface area contributed by atoms with Crippen LogP contribution in [-0.2, 0) is 45.3 Å². The van der Waals surface area contributed by atoms with E-state index in [0.29, 0.717) is 50.4 Å². The zero-order valence-electron chi connectivity index (χ0n) is 34.0. The Kier molecular flexibility index (Phi) is 16.1. The van der Waals surface area contributed by atoms with E-state index in [1.165, 1.54) is 22.6 Å². The lowest BCUT2D eigenvalue weighted by Crippen LogP contribution is -2.45. The number of benzene rings is 2. The van der Waals surface area contributed by atoms with Crippen molar-refractivity contribution in [1.82, 2.24) is 30.6 Å². The highest BCUT2D eigenvalue weighted by Crippen LogP contribution is 2.25. The van der Waals surface area contributed by atoms with E-state index in [0.717, 1.165) is 78.4 Å². The van der Waals surface area contributed by atoms with Gasteiger partial charge in [0.15, 0.2) is 0 Å². The SMILES string of the molecule is CCC1=C(C)CN(C(=O)NCCc2ccc(S(=O)(=O)NC(=O)NC3CCC(C)CC3)cc2)C1=O.CCc1ccc(CCOc2ccc(CC3SC(=O)NC3=O)cc2)nc1. The van der Waals surface area contributed by atoms with Crippen LogP contribution in [0, 0.1) is 5.92 Å². The number of amides is 7. The monoisotopic (exact) mass is 846 g/mol. The van der Waals surface area contributed by atoms with Crippen LogP contribution in [0.25, 0.3) is 0 Å². The Labute approximate surface area is 350 Å². The minimum atomic E-state index is -3.98. The maximum absolute atomic E-state index is 12.5. The summed E-state index contributed by atoms with van der Waals surface area (Å²) in [5.74, 6) is 0.960. The Morgan fingerprint density at radius 1 is 0.898 bits per heavy atom. The molecule has 1 aliphatic carbocycles. The molecule has 6 rings (SSSR count). The number of sulfonamides is 1. The number of thioether (sulfide) groups is 1. The van der Waals surface area contributed by atoms with Gasteiger partial charge < -0.3 is 15.4 Å². The van der Waals surface area contributed by atoms with Crippen LogP contribution in [0.4, 0.5) is 14.4 Å². The number of ether oxygens (including phenoxy) is 1. The van der Waals surface area contributed by atoms with Gasteiger partial charge in [0.05, 0.1) is 23.3 Å². The number of urea groups is 2. The van der Waals surface area contributed by atoms with E-state index in [9.17, 15) is 32.4 Å². The minimum absolute atomic E-state index is 0.00639. The second-order valence-corrected chi connectivity index (χ2v) is 17.9. The van der Waals surface area contributed by atoms with Gasteiger partial charge in [-0.25, -0.2) is 22.7 Å². The van der Waals surface area contributed by atoms with Gasteiger partial charge in [0.1, 0.15) is 5.75 Å². The average molecular weight is 847 g/mol. The van der Waals surface area contributed by atoms with E-state index < -0.39 is 22.1 Å². The lowest BCUT2D eigenvalue weighted by Gasteiger charge is -2.26. The first-order valence-electron chi connectivity index (χ1n) is 20.1. The van der Waals surface area contributed by atoms with Gasteiger partial charge in [-0.3, -0.25) is 29.6 Å². The van der Waals surface area contributed by atoms with E-state index in [4.69, 9.17) is 4.74 Å². The topological polar surface area (TPSA) is 193 Å². The van der Waals surface area contributed by atoms with Crippen LogP contribution in [0.5, 0.6) is 5.75 Å². The summed E-state index contributed by atoms with van der Waals surface area (Å²) >= 11 is 1.05. The third-order valence-corrected chi connectivity index (χ3v) is 12.9. The highest BCUT2D eigenvalue weighted by atomic mass is 32.2. The molecule has 2 fully saturated rings. The Balaban J connectivity index is 0.000000235. The fourth-order valence-corrected chi connectivity index (χ4v) is 8.74. The average Bonchev–Trinajstić information content (AvgIpc) is 3.70. The van der Waals surface area contributed by atoms with Gasteiger partial charge in [0.25, 0.3) is 21.2 Å². The van der Waals surface area contributed by atoms with Crippen molar-refractivity contribution in [3.05, 3.63) is 100 Å². The van der Waals surface area contributed by atoms with Crippen LogP contribution in [0.2, 0.25) is 0 Å². The van der Waals surface area contributed by atoms with E-state index >= 15 is 0 Å². The van der Waals surface area contributed by atoms with Crippen LogP contribution < -0.4 is 25.4 Å². The van der Waals surface area contributed by atoms with Gasteiger partial charge in [-0.05, 0) is 117 Å². The molecule has 2 aromatic carbocycles. The van der Waals surface area contributed by atoms with Gasteiger partial charge in [-0.15, -0.1) is 0 Å². The number of hydrogen-bond acceptors (Lipinski definition) is 10. The third-order valence-electron chi connectivity index (χ3n) is 10.5. The summed E-state index contributed by atoms with van der Waals surface area (Å²) in [7, 11) is -3.98. The smallest absolute Gasteiger partial charge is 0.328 e. The van der Waals surface area contributed by atoms with Crippen molar-refractivity contribution in [1.29, 1.82) is 0 Å². The zero-order valence-corrected chi connectivity index (χ0v) is 35.7. The lowest BCUT2D eigenvalue weighted by molar-refractivity contribution is -0.123. The molecule has 0 radical (unpaired) electrons. The van der Waals surface area contributed by atoms with Crippen molar-refractivity contribution in [2.75, 3.05) is 19.7 Å². The number of hydrogen-bond donors (Lipinski definition) is 4. The number of carbonyl (C=O) groups excluding carboxylic acids is 5. The molecular weight excluding hydrogens is 793 g/mol. The summed E-state index contributed by atoms with van der Waals surface area (Å²) in [6.07, 6.45) is 8.99. The van der Waals surface area contributed by atoms with Gasteiger partial charge in [0, 0.05) is 36.5 Å². The van der Waals surface area contributed by atoms with Crippen molar-refractivity contribution in [3.63, 3.8) is 0 Å². The van der Waals surface area contributed by atoms with E-state index in [1.807, 2.05) is 50.4 Å². The maximum Gasteiger partial charge on any atom is 0.328 e. The number of aromatic nitrogens is 1. The van der Waals surface area contributed by atoms with Gasteiger partial charge >= 0.3 is 12.1 Å². The first kappa shape index (κ1) is 44.9. The molecule has 14 nitrogen and oxygen atoms in total. The maximum atomic E-state index is 12.5. The molecule has 3 heterocycles. The van der Waals surface area contributed by atoms with E-state index in [2.05, 4.69) is 45.6 Å². The lowest BCUT2D eigenvalue weighted by atomic mass is 9.87. The quantitative estimate of drug-likeness (QED) is 0.145. The summed E-state index contributed by atoms with van der Waals surface area (Å²) < 4.78 is 32.9. The van der Waals surface area contributed by atoms with Gasteiger partial charge in [-0.1, -0.05) is 62.9 Å². The first-order valence-corrected chi connectivity index (χ1v) is 22.5. The summed E-state index contributed by atoms with van der Waals surface area (Å²) in [5, 5.41) is 7.19. The molecule has 0 bridgehead atoms. The van der Waals surface area contributed by atoms with Crippen molar-refractivity contribution in [3.8, 4) is 5.75 Å². The van der Waals surface area contributed by atoms with E-state index in [-0.39, 0.29) is 33.2 Å². The molecule has 3 aromatic rings. The standard InChI is InChI=1S/C24H34N4O5S.C19H20N2O3S/c1-4-21-17(3)15-28(22(21)29)24(31)25-14-13-18-7-11-20(12-8-18)34(32,33)27-23(30)26-19-9-5-16(2)6-10-19;1-2-13-3-6-15(20-12-13)9-10-24-16-7-4-14(5-8-16)11-17-18(22)21-19(23)25-17/h7-8,11-12,16,19H,4-6,9-10,13-15H2,1-3H3,(H,25,31)(H2,26,27,30);3-8,12,17H,2,9-11H2,1H3,(H,21,22,23). The number of nitrogens with zero attached hydrogens (tertiary/aromatic N) is 2. The number of rotatable bonds is 14. The molecule has 1 atom stereocenters. The molecule has 3 aliphatic rings. The Hall–Kier alpha value is -5.22. The second kappa shape index (κ2) is 21.2. The molecule has 4 N–H and O–H groups in total. The normalized spacial score (nSPS) is 19.2. The number of imide groups is 2. The van der Waals surface area contributed by atoms with Crippen LogP contribution in [0.1, 0.15) is 82.2 Å². The summed E-state index contributed by atoms with van der Waals surface area (Å²) in [5.41, 5.74) is 5.67. The molecule has 1 saturated heterocycles. The Morgan fingerprint density at radius 3 is 2.17 bits per heavy atom. The number of aryl methyl sites for hydroxylation is 1. The molecule has 0 spiro atoms. The van der Waals surface area contributed by atoms with Crippen LogP contribution >= 0.6 is 11.8 Å². The fourth-order valence-electron chi connectivity index (χ4n) is 6.96. The zero-order chi connectivity index (χ0) is 42.5. The van der Waals surface area contributed by atoms with Crippen LogP contribution in [0.15, 0.2) is 82.9 Å². The number of carbonyl (C=O) groups is 5.